The molecule has 2 aromatic carbocycles. The number of nitrogens with two attached hydrogens (primary N) is 2. The molecule has 0 heterocycles. The highest BCUT2D eigenvalue weighted by atomic mass is 16.5. The average molecular weight is 258 g/mol. The van der Waals surface area contributed by atoms with Crippen molar-refractivity contribution >= 4 is 17.3 Å². The highest BCUT2D eigenvalue weighted by molar-refractivity contribution is 5.89. The maximum absolute atomic E-state index is 11.3. The summed E-state index contributed by atoms with van der Waals surface area (Å²) in [6, 6.07) is 11.7. The van der Waals surface area contributed by atoms with Crippen LogP contribution in [-0.2, 0) is 4.74 Å². The summed E-state index contributed by atoms with van der Waals surface area (Å²) < 4.78 is 10.2. The predicted molar refractivity (Wildman–Crippen MR) is 73.1 cm³/mol. The molecule has 0 atom stereocenters. The minimum absolute atomic E-state index is 0.386. The van der Waals surface area contributed by atoms with Crippen LogP contribution in [0.4, 0.5) is 11.4 Å². The molecule has 0 aliphatic rings. The molecule has 0 spiro atoms. The number of hydrogen-bond donors (Lipinski definition) is 2. The van der Waals surface area contributed by atoms with E-state index in [4.69, 9.17) is 16.2 Å². The van der Waals surface area contributed by atoms with E-state index in [0.717, 1.165) is 0 Å². The standard InChI is InChI=1S/C14H14N2O3/c1-18-14(17)9-2-4-10(5-3-9)19-11-6-7-12(15)13(16)8-11/h2-8H,15-16H2,1H3. The number of anilines is 2. The first-order valence-electron chi connectivity index (χ1n) is 5.61. The maximum atomic E-state index is 11.3. The minimum atomic E-state index is -0.386. The molecule has 5 heteroatoms. The van der Waals surface area contributed by atoms with E-state index in [0.29, 0.717) is 28.4 Å². The van der Waals surface area contributed by atoms with Gasteiger partial charge in [0.2, 0.25) is 0 Å². The largest absolute Gasteiger partial charge is 0.465 e. The van der Waals surface area contributed by atoms with Crippen LogP contribution in [0.2, 0.25) is 0 Å². The van der Waals surface area contributed by atoms with Gasteiger partial charge < -0.3 is 20.9 Å². The molecule has 0 amide bonds. The molecule has 0 saturated carbocycles. The fourth-order valence-electron chi connectivity index (χ4n) is 1.53. The summed E-state index contributed by atoms with van der Waals surface area (Å²) in [6.45, 7) is 0. The molecule has 0 radical (unpaired) electrons. The Bertz CT molecular complexity index is 594. The van der Waals surface area contributed by atoms with Gasteiger partial charge in [-0.15, -0.1) is 0 Å². The van der Waals surface area contributed by atoms with Crippen molar-refractivity contribution in [1.82, 2.24) is 0 Å². The van der Waals surface area contributed by atoms with E-state index in [1.807, 2.05) is 0 Å². The summed E-state index contributed by atoms with van der Waals surface area (Å²) in [4.78, 5) is 11.3. The quantitative estimate of drug-likeness (QED) is 0.652. The van der Waals surface area contributed by atoms with Gasteiger partial charge in [0.05, 0.1) is 24.0 Å². The second-order valence-electron chi connectivity index (χ2n) is 3.91. The summed E-state index contributed by atoms with van der Waals surface area (Å²) in [5.41, 5.74) is 12.7. The average Bonchev–Trinajstić information content (AvgIpc) is 2.43. The maximum Gasteiger partial charge on any atom is 0.337 e. The van der Waals surface area contributed by atoms with E-state index in [-0.39, 0.29) is 5.97 Å². The third kappa shape index (κ3) is 2.95. The van der Waals surface area contributed by atoms with Gasteiger partial charge in [-0.25, -0.2) is 4.79 Å². The fraction of sp³-hybridized carbons (Fsp3) is 0.0714. The Balaban J connectivity index is 2.15. The Kier molecular flexibility index (Phi) is 3.56. The van der Waals surface area contributed by atoms with Crippen LogP contribution in [0.1, 0.15) is 10.4 Å². The monoisotopic (exact) mass is 258 g/mol. The number of methoxy groups -OCH3 is 1. The smallest absolute Gasteiger partial charge is 0.337 e. The van der Waals surface area contributed by atoms with E-state index in [1.165, 1.54) is 7.11 Å². The number of hydrogen-bond acceptors (Lipinski definition) is 5. The lowest BCUT2D eigenvalue weighted by Gasteiger charge is -2.08. The molecule has 0 unspecified atom stereocenters. The highest BCUT2D eigenvalue weighted by Crippen LogP contribution is 2.26. The number of carbonyl (C=O) groups excluding carboxylic acids is 1. The molecular weight excluding hydrogens is 244 g/mol. The lowest BCUT2D eigenvalue weighted by Crippen LogP contribution is -2.00. The van der Waals surface area contributed by atoms with Crippen molar-refractivity contribution in [3.8, 4) is 11.5 Å². The number of esters is 1. The molecule has 0 aliphatic carbocycles. The molecule has 98 valence electrons. The van der Waals surface area contributed by atoms with Crippen LogP contribution in [-0.4, -0.2) is 13.1 Å². The first-order chi connectivity index (χ1) is 9.10. The first-order valence-corrected chi connectivity index (χ1v) is 5.61. The number of rotatable bonds is 3. The third-order valence-corrected chi connectivity index (χ3v) is 2.57. The van der Waals surface area contributed by atoms with Crippen molar-refractivity contribution in [2.24, 2.45) is 0 Å². The molecule has 2 rings (SSSR count). The van der Waals surface area contributed by atoms with Crippen LogP contribution in [0.25, 0.3) is 0 Å². The number of nitrogen functional groups attached to an aromatic ring is 2. The predicted octanol–water partition coefficient (Wildman–Crippen LogP) is 2.43. The molecule has 2 aromatic rings. The van der Waals surface area contributed by atoms with Crippen LogP contribution >= 0.6 is 0 Å². The fourth-order valence-corrected chi connectivity index (χ4v) is 1.53. The molecule has 0 saturated heterocycles. The first kappa shape index (κ1) is 12.8. The Labute approximate surface area is 110 Å². The van der Waals surface area contributed by atoms with Crippen molar-refractivity contribution in [2.45, 2.75) is 0 Å². The van der Waals surface area contributed by atoms with Crippen LogP contribution in [0.15, 0.2) is 42.5 Å². The Morgan fingerprint density at radius 1 is 0.947 bits per heavy atom. The molecule has 19 heavy (non-hydrogen) atoms. The van der Waals surface area contributed by atoms with E-state index >= 15 is 0 Å². The van der Waals surface area contributed by atoms with E-state index in [9.17, 15) is 4.79 Å². The normalized spacial score (nSPS) is 9.95. The lowest BCUT2D eigenvalue weighted by molar-refractivity contribution is 0.0600. The van der Waals surface area contributed by atoms with Crippen LogP contribution < -0.4 is 16.2 Å². The molecule has 4 N–H and O–H groups in total. The zero-order chi connectivity index (χ0) is 13.8. The third-order valence-electron chi connectivity index (χ3n) is 2.57. The van der Waals surface area contributed by atoms with Gasteiger partial charge in [-0.3, -0.25) is 0 Å². The van der Waals surface area contributed by atoms with E-state index in [2.05, 4.69) is 4.74 Å². The molecule has 0 aliphatic heterocycles. The lowest BCUT2D eigenvalue weighted by atomic mass is 10.2. The van der Waals surface area contributed by atoms with E-state index in [1.54, 1.807) is 42.5 Å². The second kappa shape index (κ2) is 5.30. The van der Waals surface area contributed by atoms with Gasteiger partial charge in [0.25, 0.3) is 0 Å². The van der Waals surface area contributed by atoms with Crippen LogP contribution in [0.3, 0.4) is 0 Å². The summed E-state index contributed by atoms with van der Waals surface area (Å²) in [5.74, 6) is 0.789. The summed E-state index contributed by atoms with van der Waals surface area (Å²) in [5, 5.41) is 0. The van der Waals surface area contributed by atoms with Gasteiger partial charge in [0.15, 0.2) is 0 Å². The molecule has 5 nitrogen and oxygen atoms in total. The summed E-state index contributed by atoms with van der Waals surface area (Å²) in [6.07, 6.45) is 0. The zero-order valence-electron chi connectivity index (χ0n) is 10.4. The van der Waals surface area contributed by atoms with Crippen LogP contribution in [0.5, 0.6) is 11.5 Å². The highest BCUT2D eigenvalue weighted by Gasteiger charge is 2.05. The van der Waals surface area contributed by atoms with Gasteiger partial charge in [0.1, 0.15) is 11.5 Å². The van der Waals surface area contributed by atoms with Crippen molar-refractivity contribution in [3.05, 3.63) is 48.0 Å². The number of benzene rings is 2. The van der Waals surface area contributed by atoms with Gasteiger partial charge in [-0.2, -0.15) is 0 Å². The number of carbonyl (C=O) groups is 1. The zero-order valence-corrected chi connectivity index (χ0v) is 10.4. The van der Waals surface area contributed by atoms with Crippen molar-refractivity contribution in [2.75, 3.05) is 18.6 Å². The Hall–Kier alpha value is -2.69. The summed E-state index contributed by atoms with van der Waals surface area (Å²) in [7, 11) is 1.34. The second-order valence-corrected chi connectivity index (χ2v) is 3.91. The molecule has 0 bridgehead atoms. The van der Waals surface area contributed by atoms with E-state index < -0.39 is 0 Å². The minimum Gasteiger partial charge on any atom is -0.465 e. The molecule has 0 aromatic heterocycles. The van der Waals surface area contributed by atoms with Gasteiger partial charge in [0, 0.05) is 6.07 Å². The van der Waals surface area contributed by atoms with Gasteiger partial charge in [-0.1, -0.05) is 0 Å². The number of ether oxygens (including phenoxy) is 2. The van der Waals surface area contributed by atoms with Gasteiger partial charge in [-0.05, 0) is 36.4 Å². The van der Waals surface area contributed by atoms with Crippen molar-refractivity contribution in [1.29, 1.82) is 0 Å². The Morgan fingerprint density at radius 2 is 1.58 bits per heavy atom. The summed E-state index contributed by atoms with van der Waals surface area (Å²) >= 11 is 0. The van der Waals surface area contributed by atoms with Crippen molar-refractivity contribution < 1.29 is 14.3 Å². The molecule has 0 fully saturated rings. The Morgan fingerprint density at radius 3 is 2.16 bits per heavy atom. The van der Waals surface area contributed by atoms with Crippen LogP contribution in [0, 0.1) is 0 Å². The SMILES string of the molecule is COC(=O)c1ccc(Oc2ccc(N)c(N)c2)cc1. The van der Waals surface area contributed by atoms with Gasteiger partial charge >= 0.3 is 5.97 Å². The van der Waals surface area contributed by atoms with Crippen molar-refractivity contribution in [3.63, 3.8) is 0 Å². The molecular formula is C14H14N2O3. The topological polar surface area (TPSA) is 87.6 Å².